The van der Waals surface area contributed by atoms with E-state index in [1.54, 1.807) is 21.9 Å². The maximum atomic E-state index is 14.3. The first-order chi connectivity index (χ1) is 18.3. The van der Waals surface area contributed by atoms with Gasteiger partial charge < -0.3 is 20.4 Å². The van der Waals surface area contributed by atoms with E-state index in [0.29, 0.717) is 18.7 Å². The molecule has 2 fully saturated rings. The predicted molar refractivity (Wildman–Crippen MR) is 139 cm³/mol. The standard InChI is InChI=1S/C28H34F2N4O4/c1-32(26(35)9-10-31)23-16-21(15-22(29)18-23)28(37)34-13-11-33(12-14-34)27(36)20-7-8-25(38-30)24(17-20)19-5-3-2-4-6-19/h7-8,15-19H,2-6,9-14,31H2,1H3. The van der Waals surface area contributed by atoms with Gasteiger partial charge in [0.25, 0.3) is 11.8 Å². The van der Waals surface area contributed by atoms with Gasteiger partial charge in [0, 0.05) is 73.1 Å². The van der Waals surface area contributed by atoms with Gasteiger partial charge in [-0.05, 0) is 55.2 Å². The Labute approximate surface area is 221 Å². The smallest absolute Gasteiger partial charge is 0.254 e. The lowest BCUT2D eigenvalue weighted by Crippen LogP contribution is -2.50. The van der Waals surface area contributed by atoms with Crippen LogP contribution >= 0.6 is 0 Å². The van der Waals surface area contributed by atoms with E-state index in [2.05, 4.69) is 4.94 Å². The maximum Gasteiger partial charge on any atom is 0.254 e. The Morgan fingerprint density at radius 2 is 1.58 bits per heavy atom. The summed E-state index contributed by atoms with van der Waals surface area (Å²) in [4.78, 5) is 47.2. The predicted octanol–water partition coefficient (Wildman–Crippen LogP) is 4.05. The Kier molecular flexibility index (Phi) is 8.93. The molecule has 8 nitrogen and oxygen atoms in total. The van der Waals surface area contributed by atoms with Gasteiger partial charge in [-0.25, -0.2) is 4.39 Å². The number of carbonyl (C=O) groups is 3. The molecule has 1 aliphatic heterocycles. The molecule has 1 saturated carbocycles. The number of nitrogens with zero attached hydrogens (tertiary/aromatic N) is 3. The normalized spacial score (nSPS) is 16.3. The van der Waals surface area contributed by atoms with Crippen LogP contribution in [0, 0.1) is 5.82 Å². The average molecular weight is 529 g/mol. The molecule has 0 atom stereocenters. The first-order valence-electron chi connectivity index (χ1n) is 13.1. The van der Waals surface area contributed by atoms with Crippen molar-refractivity contribution >= 4 is 23.4 Å². The van der Waals surface area contributed by atoms with Crippen LogP contribution in [0.5, 0.6) is 5.75 Å². The minimum Gasteiger partial charge on any atom is -0.335 e. The number of carbonyl (C=O) groups excluding carboxylic acids is 3. The number of hydrogen-bond donors (Lipinski definition) is 1. The molecule has 3 amide bonds. The van der Waals surface area contributed by atoms with Crippen molar-refractivity contribution in [1.82, 2.24) is 9.80 Å². The van der Waals surface area contributed by atoms with Crippen LogP contribution in [0.2, 0.25) is 0 Å². The van der Waals surface area contributed by atoms with Crippen molar-refractivity contribution < 1.29 is 28.2 Å². The fourth-order valence-corrected chi connectivity index (χ4v) is 5.29. The number of nitrogens with two attached hydrogens (primary N) is 1. The maximum absolute atomic E-state index is 14.3. The summed E-state index contributed by atoms with van der Waals surface area (Å²) < 4.78 is 27.5. The molecule has 2 aromatic rings. The Morgan fingerprint density at radius 1 is 0.947 bits per heavy atom. The minimum absolute atomic E-state index is 0.109. The van der Waals surface area contributed by atoms with Crippen LogP contribution in [0.15, 0.2) is 36.4 Å². The van der Waals surface area contributed by atoms with Gasteiger partial charge >= 0.3 is 0 Å². The summed E-state index contributed by atoms with van der Waals surface area (Å²) in [6.07, 6.45) is 5.28. The van der Waals surface area contributed by atoms with Gasteiger partial charge in [0.1, 0.15) is 5.82 Å². The van der Waals surface area contributed by atoms with E-state index < -0.39 is 5.82 Å². The van der Waals surface area contributed by atoms with Gasteiger partial charge in [-0.15, -0.1) is 0 Å². The lowest BCUT2D eigenvalue weighted by molar-refractivity contribution is -0.118. The number of amides is 3. The third kappa shape index (κ3) is 6.12. The topological polar surface area (TPSA) is 96.2 Å². The fourth-order valence-electron chi connectivity index (χ4n) is 5.29. The molecule has 10 heteroatoms. The summed E-state index contributed by atoms with van der Waals surface area (Å²) in [5, 5.41) is 0. The molecule has 2 aromatic carbocycles. The van der Waals surface area contributed by atoms with Gasteiger partial charge in [-0.3, -0.25) is 19.3 Å². The molecule has 0 unspecified atom stereocenters. The number of piperazine rings is 1. The zero-order chi connectivity index (χ0) is 27.2. The summed E-state index contributed by atoms with van der Waals surface area (Å²) in [5.74, 6) is -1.14. The monoisotopic (exact) mass is 528 g/mol. The van der Waals surface area contributed by atoms with Crippen molar-refractivity contribution in [2.45, 2.75) is 44.4 Å². The first kappa shape index (κ1) is 27.5. The van der Waals surface area contributed by atoms with E-state index in [1.807, 2.05) is 0 Å². The van der Waals surface area contributed by atoms with Gasteiger partial charge in [-0.1, -0.05) is 19.3 Å². The molecule has 0 aromatic heterocycles. The second-order valence-electron chi connectivity index (χ2n) is 9.94. The van der Waals surface area contributed by atoms with E-state index in [-0.39, 0.29) is 66.7 Å². The van der Waals surface area contributed by atoms with Gasteiger partial charge in [0.15, 0.2) is 5.75 Å². The van der Waals surface area contributed by atoms with Crippen molar-refractivity contribution in [1.29, 1.82) is 0 Å². The summed E-state index contributed by atoms with van der Waals surface area (Å²) in [5.41, 5.74) is 7.04. The molecule has 0 radical (unpaired) electrons. The van der Waals surface area contributed by atoms with Crippen LogP contribution in [0.3, 0.4) is 0 Å². The number of halogens is 2. The van der Waals surface area contributed by atoms with E-state index >= 15 is 0 Å². The van der Waals surface area contributed by atoms with E-state index in [0.717, 1.165) is 43.7 Å². The highest BCUT2D eigenvalue weighted by molar-refractivity contribution is 5.98. The molecule has 2 aliphatic rings. The Morgan fingerprint density at radius 3 is 2.18 bits per heavy atom. The SMILES string of the molecule is CN(C(=O)CCN)c1cc(F)cc(C(=O)N2CCN(C(=O)c3ccc(OF)c(C4CCCCC4)c3)CC2)c1. The Balaban J connectivity index is 1.42. The second-order valence-corrected chi connectivity index (χ2v) is 9.94. The van der Waals surface area contributed by atoms with Crippen LogP contribution in [0.25, 0.3) is 0 Å². The van der Waals surface area contributed by atoms with Gasteiger partial charge in [0.05, 0.1) is 0 Å². The van der Waals surface area contributed by atoms with E-state index in [9.17, 15) is 23.3 Å². The lowest BCUT2D eigenvalue weighted by Gasteiger charge is -2.35. The highest BCUT2D eigenvalue weighted by Crippen LogP contribution is 2.38. The second kappa shape index (κ2) is 12.3. The van der Waals surface area contributed by atoms with E-state index in [1.165, 1.54) is 30.1 Å². The quantitative estimate of drug-likeness (QED) is 0.585. The number of hydrogen-bond acceptors (Lipinski definition) is 5. The molecule has 0 bridgehead atoms. The Hall–Kier alpha value is -3.53. The van der Waals surface area contributed by atoms with Crippen molar-refractivity contribution in [2.75, 3.05) is 44.7 Å². The van der Waals surface area contributed by atoms with Crippen molar-refractivity contribution in [3.63, 3.8) is 0 Å². The molecule has 1 saturated heterocycles. The van der Waals surface area contributed by atoms with Crippen LogP contribution in [-0.4, -0.2) is 67.3 Å². The van der Waals surface area contributed by atoms with Crippen LogP contribution in [0.1, 0.15) is 70.7 Å². The van der Waals surface area contributed by atoms with Crippen molar-refractivity contribution in [3.8, 4) is 5.75 Å². The average Bonchev–Trinajstić information content (AvgIpc) is 2.96. The van der Waals surface area contributed by atoms with Crippen molar-refractivity contribution in [2.24, 2.45) is 5.73 Å². The zero-order valence-electron chi connectivity index (χ0n) is 21.6. The molecular formula is C28H34F2N4O4. The highest BCUT2D eigenvalue weighted by atomic mass is 19.3. The fraction of sp³-hybridized carbons (Fsp3) is 0.464. The van der Waals surface area contributed by atoms with Crippen LogP contribution < -0.4 is 15.6 Å². The summed E-state index contributed by atoms with van der Waals surface area (Å²) in [6.45, 7) is 1.34. The highest BCUT2D eigenvalue weighted by Gasteiger charge is 2.28. The van der Waals surface area contributed by atoms with Crippen LogP contribution in [0.4, 0.5) is 14.6 Å². The largest absolute Gasteiger partial charge is 0.335 e. The van der Waals surface area contributed by atoms with Gasteiger partial charge in [-0.2, -0.15) is 0 Å². The van der Waals surface area contributed by atoms with E-state index in [4.69, 9.17) is 5.73 Å². The Bertz CT molecular complexity index is 1180. The lowest BCUT2D eigenvalue weighted by atomic mass is 9.83. The zero-order valence-corrected chi connectivity index (χ0v) is 21.6. The van der Waals surface area contributed by atoms with Crippen molar-refractivity contribution in [3.05, 3.63) is 58.9 Å². The van der Waals surface area contributed by atoms with Gasteiger partial charge in [0.2, 0.25) is 5.91 Å². The number of benzene rings is 2. The molecule has 38 heavy (non-hydrogen) atoms. The van der Waals surface area contributed by atoms with Crippen LogP contribution in [-0.2, 0) is 4.79 Å². The molecular weight excluding hydrogens is 494 g/mol. The number of anilines is 1. The third-order valence-corrected chi connectivity index (χ3v) is 7.49. The molecule has 0 spiro atoms. The minimum atomic E-state index is -0.624. The molecule has 1 heterocycles. The third-order valence-electron chi connectivity index (χ3n) is 7.49. The summed E-state index contributed by atoms with van der Waals surface area (Å²) >= 11 is 0. The number of rotatable bonds is 7. The molecule has 4 rings (SSSR count). The summed E-state index contributed by atoms with van der Waals surface area (Å²) in [6, 6.07) is 8.64. The first-order valence-corrected chi connectivity index (χ1v) is 13.1. The molecule has 2 N–H and O–H groups in total. The molecule has 204 valence electrons. The summed E-state index contributed by atoms with van der Waals surface area (Å²) in [7, 11) is 1.51. The molecule has 1 aliphatic carbocycles.